The molecule has 2 amide bonds. The van der Waals surface area contributed by atoms with E-state index in [1.54, 1.807) is 31.5 Å². The average Bonchev–Trinajstić information content (AvgIpc) is 2.38. The third-order valence-electron chi connectivity index (χ3n) is 2.51. The maximum Gasteiger partial charge on any atom is 0.326 e. The summed E-state index contributed by atoms with van der Waals surface area (Å²) in [5.74, 6) is -2.71. The summed E-state index contributed by atoms with van der Waals surface area (Å²) < 4.78 is 0. The van der Waals surface area contributed by atoms with Crippen molar-refractivity contribution in [3.8, 4) is 0 Å². The summed E-state index contributed by atoms with van der Waals surface area (Å²) in [6.45, 7) is 1.70. The van der Waals surface area contributed by atoms with Gasteiger partial charge in [0.15, 0.2) is 0 Å². The fourth-order valence-corrected chi connectivity index (χ4v) is 1.49. The normalized spacial score (nSPS) is 13.1. The van der Waals surface area contributed by atoms with Gasteiger partial charge in [0.05, 0.1) is 12.5 Å². The van der Waals surface area contributed by atoms with Crippen LogP contribution < -0.4 is 10.6 Å². The number of aliphatic carboxylic acids is 2. The summed E-state index contributed by atoms with van der Waals surface area (Å²) in [5.41, 5.74) is 0.743. The SMILES string of the molecule is CC(NC(=O)N[C@H](CC(=O)O)C(=O)O)c1cccnc1. The first kappa shape index (κ1) is 15.4. The lowest BCUT2D eigenvalue weighted by Gasteiger charge is -2.17. The third kappa shape index (κ3) is 4.92. The van der Waals surface area contributed by atoms with Gasteiger partial charge >= 0.3 is 18.0 Å². The largest absolute Gasteiger partial charge is 0.481 e. The summed E-state index contributed by atoms with van der Waals surface area (Å²) >= 11 is 0. The molecule has 0 bridgehead atoms. The van der Waals surface area contributed by atoms with Gasteiger partial charge in [0, 0.05) is 12.4 Å². The summed E-state index contributed by atoms with van der Waals surface area (Å²) in [5, 5.41) is 22.0. The van der Waals surface area contributed by atoms with Crippen LogP contribution in [0.2, 0.25) is 0 Å². The Morgan fingerprint density at radius 3 is 2.50 bits per heavy atom. The zero-order chi connectivity index (χ0) is 15.1. The van der Waals surface area contributed by atoms with E-state index in [2.05, 4.69) is 15.6 Å². The van der Waals surface area contributed by atoms with E-state index in [1.165, 1.54) is 0 Å². The number of hydrogen-bond donors (Lipinski definition) is 4. The zero-order valence-electron chi connectivity index (χ0n) is 10.7. The molecule has 8 nitrogen and oxygen atoms in total. The minimum absolute atomic E-state index is 0.386. The van der Waals surface area contributed by atoms with Gasteiger partial charge in [0.25, 0.3) is 0 Å². The molecular formula is C12H15N3O5. The third-order valence-corrected chi connectivity index (χ3v) is 2.51. The molecule has 20 heavy (non-hydrogen) atoms. The fourth-order valence-electron chi connectivity index (χ4n) is 1.49. The van der Waals surface area contributed by atoms with Gasteiger partial charge in [0.2, 0.25) is 0 Å². The van der Waals surface area contributed by atoms with E-state index in [9.17, 15) is 14.4 Å². The molecule has 8 heteroatoms. The highest BCUT2D eigenvalue weighted by atomic mass is 16.4. The van der Waals surface area contributed by atoms with Crippen molar-refractivity contribution in [2.75, 3.05) is 0 Å². The summed E-state index contributed by atoms with van der Waals surface area (Å²) in [6.07, 6.45) is 2.46. The van der Waals surface area contributed by atoms with Crippen molar-refractivity contribution >= 4 is 18.0 Å². The van der Waals surface area contributed by atoms with Gasteiger partial charge in [-0.05, 0) is 18.6 Å². The van der Waals surface area contributed by atoms with Crippen molar-refractivity contribution < 1.29 is 24.6 Å². The van der Waals surface area contributed by atoms with Gasteiger partial charge in [-0.2, -0.15) is 0 Å². The Kier molecular flexibility index (Phi) is 5.45. The Morgan fingerprint density at radius 2 is 2.00 bits per heavy atom. The first-order valence-corrected chi connectivity index (χ1v) is 5.81. The fraction of sp³-hybridized carbons (Fsp3) is 0.333. The lowest BCUT2D eigenvalue weighted by Crippen LogP contribution is -2.47. The number of nitrogens with zero attached hydrogens (tertiary/aromatic N) is 1. The van der Waals surface area contributed by atoms with E-state index in [1.807, 2.05) is 0 Å². The predicted octanol–water partition coefficient (Wildman–Crippen LogP) is 0.370. The van der Waals surface area contributed by atoms with Crippen molar-refractivity contribution in [1.82, 2.24) is 15.6 Å². The quantitative estimate of drug-likeness (QED) is 0.596. The van der Waals surface area contributed by atoms with Crippen LogP contribution in [0.4, 0.5) is 4.79 Å². The molecule has 0 radical (unpaired) electrons. The van der Waals surface area contributed by atoms with E-state index in [0.29, 0.717) is 0 Å². The smallest absolute Gasteiger partial charge is 0.326 e. The molecule has 1 aromatic rings. The van der Waals surface area contributed by atoms with Gasteiger partial charge < -0.3 is 20.8 Å². The lowest BCUT2D eigenvalue weighted by atomic mass is 10.1. The van der Waals surface area contributed by atoms with Gasteiger partial charge in [0.1, 0.15) is 6.04 Å². The van der Waals surface area contributed by atoms with E-state index in [4.69, 9.17) is 10.2 Å². The number of urea groups is 1. The van der Waals surface area contributed by atoms with E-state index < -0.39 is 30.4 Å². The predicted molar refractivity (Wildman–Crippen MR) is 68.0 cm³/mol. The lowest BCUT2D eigenvalue weighted by molar-refractivity contribution is -0.145. The molecule has 0 fully saturated rings. The number of nitrogens with one attached hydrogen (secondary N) is 2. The van der Waals surface area contributed by atoms with Gasteiger partial charge in [-0.1, -0.05) is 6.07 Å². The number of carbonyl (C=O) groups is 3. The second kappa shape index (κ2) is 7.07. The molecule has 0 saturated carbocycles. The number of hydrogen-bond acceptors (Lipinski definition) is 4. The number of aromatic nitrogens is 1. The van der Waals surface area contributed by atoms with Crippen molar-refractivity contribution in [2.24, 2.45) is 0 Å². The van der Waals surface area contributed by atoms with E-state index in [0.717, 1.165) is 5.56 Å². The molecule has 0 aliphatic carbocycles. The molecular weight excluding hydrogens is 266 g/mol. The van der Waals surface area contributed by atoms with Crippen molar-refractivity contribution in [2.45, 2.75) is 25.4 Å². The Balaban J connectivity index is 2.57. The second-order valence-corrected chi connectivity index (χ2v) is 4.11. The van der Waals surface area contributed by atoms with Crippen LogP contribution in [0.3, 0.4) is 0 Å². The van der Waals surface area contributed by atoms with Gasteiger partial charge in [-0.15, -0.1) is 0 Å². The minimum atomic E-state index is -1.48. The highest BCUT2D eigenvalue weighted by Gasteiger charge is 2.23. The highest BCUT2D eigenvalue weighted by molar-refractivity contribution is 5.86. The van der Waals surface area contributed by atoms with Crippen LogP contribution in [0.1, 0.15) is 24.9 Å². The number of rotatable bonds is 6. The van der Waals surface area contributed by atoms with Gasteiger partial charge in [-0.25, -0.2) is 9.59 Å². The van der Waals surface area contributed by atoms with E-state index in [-0.39, 0.29) is 6.04 Å². The van der Waals surface area contributed by atoms with Crippen LogP contribution in [0.15, 0.2) is 24.5 Å². The maximum atomic E-state index is 11.6. The topological polar surface area (TPSA) is 129 Å². The Labute approximate surface area is 114 Å². The molecule has 1 aromatic heterocycles. The van der Waals surface area contributed by atoms with E-state index >= 15 is 0 Å². The second-order valence-electron chi connectivity index (χ2n) is 4.11. The van der Waals surface area contributed by atoms with Crippen LogP contribution in [0.5, 0.6) is 0 Å². The monoisotopic (exact) mass is 281 g/mol. The standard InChI is InChI=1S/C12H15N3O5/c1-7(8-3-2-4-13-6-8)14-12(20)15-9(11(18)19)5-10(16)17/h2-4,6-7,9H,5H2,1H3,(H,16,17)(H,18,19)(H2,14,15,20)/t7?,9-/m1/s1. The number of carboxylic acid groups (broad SMARTS) is 2. The van der Waals surface area contributed by atoms with Crippen LogP contribution >= 0.6 is 0 Å². The van der Waals surface area contributed by atoms with Crippen molar-refractivity contribution in [3.63, 3.8) is 0 Å². The molecule has 0 saturated heterocycles. The van der Waals surface area contributed by atoms with Crippen LogP contribution in [0.25, 0.3) is 0 Å². The summed E-state index contributed by atoms with van der Waals surface area (Å²) in [4.78, 5) is 36.8. The molecule has 2 atom stereocenters. The Morgan fingerprint density at radius 1 is 1.30 bits per heavy atom. The Bertz CT molecular complexity index is 491. The molecule has 0 aliphatic heterocycles. The summed E-state index contributed by atoms with van der Waals surface area (Å²) in [6, 6.07) is 0.839. The first-order valence-electron chi connectivity index (χ1n) is 5.81. The molecule has 1 heterocycles. The van der Waals surface area contributed by atoms with Crippen LogP contribution in [-0.4, -0.2) is 39.2 Å². The number of amides is 2. The van der Waals surface area contributed by atoms with Crippen molar-refractivity contribution in [1.29, 1.82) is 0 Å². The molecule has 1 unspecified atom stereocenters. The maximum absolute atomic E-state index is 11.6. The number of pyridine rings is 1. The molecule has 1 rings (SSSR count). The van der Waals surface area contributed by atoms with Gasteiger partial charge in [-0.3, -0.25) is 9.78 Å². The molecule has 108 valence electrons. The zero-order valence-corrected chi connectivity index (χ0v) is 10.7. The molecule has 0 aliphatic rings. The molecule has 0 spiro atoms. The van der Waals surface area contributed by atoms with Crippen LogP contribution in [-0.2, 0) is 9.59 Å². The molecule has 0 aromatic carbocycles. The number of carboxylic acids is 2. The summed E-state index contributed by atoms with van der Waals surface area (Å²) in [7, 11) is 0. The van der Waals surface area contributed by atoms with Crippen molar-refractivity contribution in [3.05, 3.63) is 30.1 Å². The number of carbonyl (C=O) groups excluding carboxylic acids is 1. The highest BCUT2D eigenvalue weighted by Crippen LogP contribution is 2.09. The van der Waals surface area contributed by atoms with Crippen LogP contribution in [0, 0.1) is 0 Å². The minimum Gasteiger partial charge on any atom is -0.481 e. The first-order chi connectivity index (χ1) is 9.40. The Hall–Kier alpha value is -2.64. The molecule has 4 N–H and O–H groups in total. The average molecular weight is 281 g/mol.